The normalized spacial score (nSPS) is 12.8. The predicted octanol–water partition coefficient (Wildman–Crippen LogP) is 4.61. The fourth-order valence-electron chi connectivity index (χ4n) is 2.99. The minimum atomic E-state index is -0.106. The third-order valence-corrected chi connectivity index (χ3v) is 5.37. The zero-order valence-electron chi connectivity index (χ0n) is 13.9. The van der Waals surface area contributed by atoms with Crippen LogP contribution in [0.25, 0.3) is 11.5 Å². The van der Waals surface area contributed by atoms with Gasteiger partial charge in [0.2, 0.25) is 11.8 Å². The summed E-state index contributed by atoms with van der Waals surface area (Å²) in [6, 6.07) is 13.4. The number of carbonyl (C=O) groups is 1. The average Bonchev–Trinajstić information content (AvgIpc) is 3.29. The Bertz CT molecular complexity index is 957. The summed E-state index contributed by atoms with van der Waals surface area (Å²) in [5, 5.41) is 11.8. The first kappa shape index (κ1) is 17.1. The molecular weight excluding hydrogens is 370 g/mol. The molecule has 0 bridgehead atoms. The van der Waals surface area contributed by atoms with Crippen LogP contribution in [0.3, 0.4) is 0 Å². The molecule has 1 aliphatic rings. The Kier molecular flexibility index (Phi) is 4.95. The smallest absolute Gasteiger partial charge is 0.277 e. The molecule has 0 fully saturated rings. The Labute approximate surface area is 160 Å². The highest BCUT2D eigenvalue weighted by molar-refractivity contribution is 7.99. The van der Waals surface area contributed by atoms with E-state index in [4.69, 9.17) is 16.0 Å². The van der Waals surface area contributed by atoms with E-state index in [1.807, 2.05) is 24.3 Å². The zero-order valence-corrected chi connectivity index (χ0v) is 15.4. The molecule has 4 rings (SSSR count). The van der Waals surface area contributed by atoms with Gasteiger partial charge >= 0.3 is 0 Å². The number of aryl methyl sites for hydroxylation is 2. The Balaban J connectivity index is 1.36. The number of amides is 1. The van der Waals surface area contributed by atoms with Crippen LogP contribution in [0.15, 0.2) is 52.1 Å². The number of thioether (sulfide) groups is 1. The molecule has 3 aromatic rings. The minimum absolute atomic E-state index is 0.106. The van der Waals surface area contributed by atoms with Crippen molar-refractivity contribution in [2.75, 3.05) is 11.1 Å². The van der Waals surface area contributed by atoms with Gasteiger partial charge in [-0.15, -0.1) is 10.2 Å². The molecule has 26 heavy (non-hydrogen) atoms. The lowest BCUT2D eigenvalue weighted by Crippen LogP contribution is -2.14. The molecule has 7 heteroatoms. The van der Waals surface area contributed by atoms with Crippen LogP contribution in [0.2, 0.25) is 5.02 Å². The number of aromatic nitrogens is 2. The van der Waals surface area contributed by atoms with Gasteiger partial charge in [-0.3, -0.25) is 4.79 Å². The number of carbonyl (C=O) groups excluding carboxylic acids is 1. The van der Waals surface area contributed by atoms with Gasteiger partial charge in [0.25, 0.3) is 5.22 Å². The lowest BCUT2D eigenvalue weighted by atomic mass is 10.1. The van der Waals surface area contributed by atoms with E-state index in [0.29, 0.717) is 21.7 Å². The zero-order chi connectivity index (χ0) is 17.9. The van der Waals surface area contributed by atoms with Crippen LogP contribution in [-0.2, 0) is 17.6 Å². The quantitative estimate of drug-likeness (QED) is 0.649. The van der Waals surface area contributed by atoms with Crippen LogP contribution >= 0.6 is 23.4 Å². The largest absolute Gasteiger partial charge is 0.411 e. The summed E-state index contributed by atoms with van der Waals surface area (Å²) >= 11 is 7.33. The van der Waals surface area contributed by atoms with Crippen molar-refractivity contribution in [3.63, 3.8) is 0 Å². The monoisotopic (exact) mass is 385 g/mol. The maximum Gasteiger partial charge on any atom is 0.277 e. The van der Waals surface area contributed by atoms with E-state index < -0.39 is 0 Å². The summed E-state index contributed by atoms with van der Waals surface area (Å²) in [6.45, 7) is 0. The number of nitrogens with one attached hydrogen (secondary N) is 1. The van der Waals surface area contributed by atoms with Crippen LogP contribution in [0.4, 0.5) is 5.69 Å². The third-order valence-electron chi connectivity index (χ3n) is 4.22. The molecule has 5 nitrogen and oxygen atoms in total. The van der Waals surface area contributed by atoms with E-state index >= 15 is 0 Å². The minimum Gasteiger partial charge on any atom is -0.411 e. The van der Waals surface area contributed by atoms with Crippen LogP contribution < -0.4 is 5.32 Å². The SMILES string of the molecule is O=C(CSc1nnc(-c2ccccc2Cl)o1)Nc1ccc2c(c1)CCC2. The molecule has 1 heterocycles. The van der Waals surface area contributed by atoms with Crippen molar-refractivity contribution in [1.82, 2.24) is 10.2 Å². The molecule has 0 saturated carbocycles. The molecule has 0 atom stereocenters. The molecule has 0 aliphatic heterocycles. The van der Waals surface area contributed by atoms with Gasteiger partial charge in [0.15, 0.2) is 0 Å². The van der Waals surface area contributed by atoms with Crippen LogP contribution in [-0.4, -0.2) is 21.9 Å². The second-order valence-corrected chi connectivity index (χ2v) is 7.36. The predicted molar refractivity (Wildman–Crippen MR) is 103 cm³/mol. The first-order valence-corrected chi connectivity index (χ1v) is 9.68. The van der Waals surface area contributed by atoms with Gasteiger partial charge in [-0.1, -0.05) is 41.6 Å². The van der Waals surface area contributed by atoms with E-state index in [9.17, 15) is 4.79 Å². The van der Waals surface area contributed by atoms with Crippen LogP contribution in [0.1, 0.15) is 17.5 Å². The van der Waals surface area contributed by atoms with E-state index in [0.717, 1.165) is 18.5 Å². The highest BCUT2D eigenvalue weighted by atomic mass is 35.5. The maximum atomic E-state index is 12.2. The lowest BCUT2D eigenvalue weighted by Gasteiger charge is -2.06. The van der Waals surface area contributed by atoms with Crippen molar-refractivity contribution in [3.8, 4) is 11.5 Å². The standard InChI is InChI=1S/C19H16ClN3O2S/c20-16-7-2-1-6-15(16)18-22-23-19(25-18)26-11-17(24)21-14-9-8-12-4-3-5-13(12)10-14/h1-2,6-10H,3-5,11H2,(H,21,24). The number of nitrogens with zero attached hydrogens (tertiary/aromatic N) is 2. The van der Waals surface area contributed by atoms with Crippen LogP contribution in [0, 0.1) is 0 Å². The van der Waals surface area contributed by atoms with E-state index in [1.165, 1.54) is 29.3 Å². The highest BCUT2D eigenvalue weighted by Crippen LogP contribution is 2.29. The summed E-state index contributed by atoms with van der Waals surface area (Å²) in [5.74, 6) is 0.434. The average molecular weight is 386 g/mol. The van der Waals surface area contributed by atoms with Gasteiger partial charge in [0.1, 0.15) is 0 Å². The number of halogens is 1. The van der Waals surface area contributed by atoms with Crippen molar-refractivity contribution in [2.45, 2.75) is 24.5 Å². The van der Waals surface area contributed by atoms with E-state index in [1.54, 1.807) is 6.07 Å². The fourth-order valence-corrected chi connectivity index (χ4v) is 3.77. The van der Waals surface area contributed by atoms with Crippen molar-refractivity contribution in [3.05, 3.63) is 58.6 Å². The van der Waals surface area contributed by atoms with E-state index in [2.05, 4.69) is 27.6 Å². The Morgan fingerprint density at radius 2 is 2.00 bits per heavy atom. The molecule has 1 aliphatic carbocycles. The lowest BCUT2D eigenvalue weighted by molar-refractivity contribution is -0.113. The molecule has 2 aromatic carbocycles. The molecule has 0 unspecified atom stereocenters. The number of anilines is 1. The summed E-state index contributed by atoms with van der Waals surface area (Å²) < 4.78 is 5.59. The van der Waals surface area contributed by atoms with Crippen molar-refractivity contribution >= 4 is 35.0 Å². The molecule has 0 saturated heterocycles. The summed E-state index contributed by atoms with van der Waals surface area (Å²) in [6.07, 6.45) is 3.40. The third kappa shape index (κ3) is 3.76. The van der Waals surface area contributed by atoms with Gasteiger partial charge in [0.05, 0.1) is 16.3 Å². The molecule has 0 spiro atoms. The van der Waals surface area contributed by atoms with Crippen molar-refractivity contribution in [2.24, 2.45) is 0 Å². The number of hydrogen-bond acceptors (Lipinski definition) is 5. The van der Waals surface area contributed by atoms with Gasteiger partial charge in [-0.2, -0.15) is 0 Å². The van der Waals surface area contributed by atoms with Crippen LogP contribution in [0.5, 0.6) is 0 Å². The van der Waals surface area contributed by atoms with Crippen molar-refractivity contribution < 1.29 is 9.21 Å². The topological polar surface area (TPSA) is 68.0 Å². The first-order chi connectivity index (χ1) is 12.7. The Morgan fingerprint density at radius 1 is 1.15 bits per heavy atom. The second-order valence-electron chi connectivity index (χ2n) is 6.03. The molecule has 0 radical (unpaired) electrons. The first-order valence-electron chi connectivity index (χ1n) is 8.32. The molecule has 132 valence electrons. The second kappa shape index (κ2) is 7.51. The number of benzene rings is 2. The van der Waals surface area contributed by atoms with E-state index in [-0.39, 0.29) is 11.7 Å². The van der Waals surface area contributed by atoms with Gasteiger partial charge < -0.3 is 9.73 Å². The molecule has 1 aromatic heterocycles. The van der Waals surface area contributed by atoms with Gasteiger partial charge in [-0.05, 0) is 54.7 Å². The number of rotatable bonds is 5. The van der Waals surface area contributed by atoms with Crippen molar-refractivity contribution in [1.29, 1.82) is 0 Å². The molecular formula is C19H16ClN3O2S. The summed E-state index contributed by atoms with van der Waals surface area (Å²) in [7, 11) is 0. The Hall–Kier alpha value is -2.31. The molecule has 1 amide bonds. The Morgan fingerprint density at radius 3 is 2.88 bits per heavy atom. The fraction of sp³-hybridized carbons (Fsp3) is 0.211. The number of fused-ring (bicyclic) bond motifs is 1. The van der Waals surface area contributed by atoms with Gasteiger partial charge in [0, 0.05) is 5.69 Å². The molecule has 1 N–H and O–H groups in total. The highest BCUT2D eigenvalue weighted by Gasteiger charge is 2.14. The number of hydrogen-bond donors (Lipinski definition) is 1. The summed E-state index contributed by atoms with van der Waals surface area (Å²) in [4.78, 5) is 12.2. The maximum absolute atomic E-state index is 12.2. The van der Waals surface area contributed by atoms with Gasteiger partial charge in [-0.25, -0.2) is 0 Å². The summed E-state index contributed by atoms with van der Waals surface area (Å²) in [5.41, 5.74) is 4.22.